The van der Waals surface area contributed by atoms with Gasteiger partial charge in [0.05, 0.1) is 0 Å². The molecule has 152 valence electrons. The molecule has 0 saturated carbocycles. The zero-order valence-corrected chi connectivity index (χ0v) is 19.8. The summed E-state index contributed by atoms with van der Waals surface area (Å²) in [6.07, 6.45) is 1.82. The summed E-state index contributed by atoms with van der Waals surface area (Å²) in [6.45, 7) is 11.5. The molecule has 0 N–H and O–H groups in total. The molecule has 0 aliphatic carbocycles. The second-order valence-electron chi connectivity index (χ2n) is 7.12. The third kappa shape index (κ3) is 5.84. The lowest BCUT2D eigenvalue weighted by atomic mass is 10.0. The Kier molecular flexibility index (Phi) is 9.03. The number of carbonyl (C=O) groups is 1. The molecule has 28 heavy (non-hydrogen) atoms. The molecule has 0 aromatic heterocycles. The summed E-state index contributed by atoms with van der Waals surface area (Å²) in [5, 5.41) is 1.18. The zero-order chi connectivity index (χ0) is 20.6. The summed E-state index contributed by atoms with van der Waals surface area (Å²) in [5.41, 5.74) is 4.57. The molecule has 1 unspecified atom stereocenters. The van der Waals surface area contributed by atoms with Crippen LogP contribution in [0.15, 0.2) is 42.5 Å². The minimum atomic E-state index is -2.46. The van der Waals surface area contributed by atoms with E-state index >= 15 is 0 Å². The molecule has 0 spiro atoms. The normalized spacial score (nSPS) is 12.0. The Balaban J connectivity index is 2.04. The van der Waals surface area contributed by atoms with Crippen molar-refractivity contribution in [3.05, 3.63) is 64.7 Å². The van der Waals surface area contributed by atoms with E-state index in [2.05, 4.69) is 31.2 Å². The molecular weight excluding hydrogens is 383 g/mol. The van der Waals surface area contributed by atoms with Gasteiger partial charge in [0.15, 0.2) is 5.52 Å². The second-order valence-corrected chi connectivity index (χ2v) is 11.6. The first-order chi connectivity index (χ1) is 13.4. The Labute approximate surface area is 172 Å². The first-order valence-corrected chi connectivity index (χ1v) is 13.4. The van der Waals surface area contributed by atoms with Crippen molar-refractivity contribution < 1.29 is 13.6 Å². The van der Waals surface area contributed by atoms with E-state index in [4.69, 9.17) is 8.85 Å². The maximum atomic E-state index is 12.8. The largest absolute Gasteiger partial charge is 0.391 e. The number of hydrogen-bond acceptors (Lipinski definition) is 3. The van der Waals surface area contributed by atoms with Crippen LogP contribution in [0.2, 0.25) is 6.04 Å². The van der Waals surface area contributed by atoms with Gasteiger partial charge < -0.3 is 8.85 Å². The van der Waals surface area contributed by atoms with E-state index in [1.54, 1.807) is 0 Å². The molecule has 0 aliphatic rings. The number of aryl methyl sites for hydroxylation is 3. The highest BCUT2D eigenvalue weighted by molar-refractivity contribution is 7.58. The molecule has 5 heteroatoms. The Morgan fingerprint density at radius 2 is 1.54 bits per heavy atom. The van der Waals surface area contributed by atoms with Crippen molar-refractivity contribution in [3.8, 4) is 0 Å². The topological polar surface area (TPSA) is 35.5 Å². The van der Waals surface area contributed by atoms with Gasteiger partial charge in [-0.25, -0.2) is 0 Å². The maximum Gasteiger partial charge on any atom is 0.372 e. The fourth-order valence-electron chi connectivity index (χ4n) is 3.81. The van der Waals surface area contributed by atoms with Gasteiger partial charge in [-0.1, -0.05) is 48.0 Å². The predicted octanol–water partition coefficient (Wildman–Crippen LogP) is 5.24. The molecule has 0 saturated heterocycles. The summed E-state index contributed by atoms with van der Waals surface area (Å²) in [4.78, 5) is 12.8. The van der Waals surface area contributed by atoms with Gasteiger partial charge in [-0.2, -0.15) is 0 Å². The van der Waals surface area contributed by atoms with Gasteiger partial charge >= 0.3 is 8.56 Å². The van der Waals surface area contributed by atoms with Crippen LogP contribution in [-0.2, 0) is 8.85 Å². The smallest absolute Gasteiger partial charge is 0.372 e. The van der Waals surface area contributed by atoms with Crippen LogP contribution in [0.3, 0.4) is 0 Å². The highest BCUT2D eigenvalue weighted by Crippen LogP contribution is 2.28. The van der Waals surface area contributed by atoms with Crippen molar-refractivity contribution >= 4 is 27.9 Å². The van der Waals surface area contributed by atoms with E-state index in [9.17, 15) is 4.79 Å². The number of carbonyl (C=O) groups excluding carboxylic acids is 1. The molecule has 1 atom stereocenters. The van der Waals surface area contributed by atoms with Gasteiger partial charge in [-0.3, -0.25) is 4.79 Å². The summed E-state index contributed by atoms with van der Waals surface area (Å²) in [5.74, 6) is 0. The fraction of sp³-hybridized carbons (Fsp3) is 0.435. The SMILES string of the molecule is CCO[Si](CCCPC(=O)c1c(C)cc(C)cc1C)(OCC)c1ccccc1. The maximum absolute atomic E-state index is 12.8. The average Bonchev–Trinajstić information content (AvgIpc) is 2.65. The Bertz CT molecular complexity index is 748. The van der Waals surface area contributed by atoms with Gasteiger partial charge in [0.1, 0.15) is 0 Å². The van der Waals surface area contributed by atoms with Crippen LogP contribution in [0, 0.1) is 20.8 Å². The standard InChI is InChI=1S/C23H33O3PSi/c1-6-25-28(26-7-2,21-12-9-8-10-13-21)15-11-14-27-23(24)22-19(4)16-18(3)17-20(22)5/h8-10,12-13,16-17,27H,6-7,11,14-15H2,1-5H3. The van der Waals surface area contributed by atoms with E-state index in [1.165, 1.54) is 10.8 Å². The molecule has 2 aromatic rings. The van der Waals surface area contributed by atoms with Gasteiger partial charge in [0, 0.05) is 18.8 Å². The minimum absolute atomic E-state index is 0.273. The Hall–Kier alpha value is -1.32. The molecule has 0 heterocycles. The van der Waals surface area contributed by atoms with Crippen LogP contribution in [-0.4, -0.2) is 33.5 Å². The summed E-state index contributed by atoms with van der Waals surface area (Å²) < 4.78 is 12.5. The van der Waals surface area contributed by atoms with Gasteiger partial charge in [-0.05, 0) is 78.1 Å². The molecule has 0 bridgehead atoms. The molecule has 0 amide bonds. The van der Waals surface area contributed by atoms with Crippen LogP contribution >= 0.6 is 8.58 Å². The number of benzene rings is 2. The number of hydrogen-bond donors (Lipinski definition) is 0. The highest BCUT2D eigenvalue weighted by Gasteiger charge is 2.38. The summed E-state index contributed by atoms with van der Waals surface area (Å²) in [6, 6.07) is 15.4. The molecule has 2 aromatic carbocycles. The highest BCUT2D eigenvalue weighted by atomic mass is 31.1. The van der Waals surface area contributed by atoms with E-state index in [1.807, 2.05) is 45.9 Å². The van der Waals surface area contributed by atoms with Crippen LogP contribution in [0.5, 0.6) is 0 Å². The fourth-order valence-corrected chi connectivity index (χ4v) is 8.58. The Morgan fingerprint density at radius 3 is 2.07 bits per heavy atom. The number of rotatable bonds is 11. The van der Waals surface area contributed by atoms with E-state index in [-0.39, 0.29) is 5.52 Å². The molecule has 0 aliphatic heterocycles. The van der Waals surface area contributed by atoms with Gasteiger partial charge in [0.25, 0.3) is 0 Å². The average molecular weight is 417 g/mol. The minimum Gasteiger partial charge on any atom is -0.391 e. The third-order valence-electron chi connectivity index (χ3n) is 4.84. The van der Waals surface area contributed by atoms with Crippen molar-refractivity contribution in [2.75, 3.05) is 19.4 Å². The second kappa shape index (κ2) is 11.0. The van der Waals surface area contributed by atoms with Crippen LogP contribution in [0.25, 0.3) is 0 Å². The van der Waals surface area contributed by atoms with E-state index in [0.29, 0.717) is 21.8 Å². The zero-order valence-electron chi connectivity index (χ0n) is 17.8. The summed E-state index contributed by atoms with van der Waals surface area (Å²) >= 11 is 0. The van der Waals surface area contributed by atoms with E-state index < -0.39 is 8.56 Å². The van der Waals surface area contributed by atoms with Crippen LogP contribution < -0.4 is 5.19 Å². The van der Waals surface area contributed by atoms with E-state index in [0.717, 1.165) is 35.3 Å². The summed E-state index contributed by atoms with van der Waals surface area (Å²) in [7, 11) is -2.17. The lowest BCUT2D eigenvalue weighted by Gasteiger charge is -2.30. The van der Waals surface area contributed by atoms with Crippen molar-refractivity contribution in [2.45, 2.75) is 47.1 Å². The third-order valence-corrected chi connectivity index (χ3v) is 9.75. The van der Waals surface area contributed by atoms with Crippen LogP contribution in [0.4, 0.5) is 0 Å². The molecular formula is C23H33O3PSi. The lowest BCUT2D eigenvalue weighted by molar-refractivity contribution is 0.108. The van der Waals surface area contributed by atoms with Gasteiger partial charge in [-0.15, -0.1) is 0 Å². The molecule has 0 radical (unpaired) electrons. The first-order valence-electron chi connectivity index (χ1n) is 10.1. The first kappa shape index (κ1) is 23.0. The Morgan fingerprint density at radius 1 is 0.964 bits per heavy atom. The molecule has 0 fully saturated rings. The van der Waals surface area contributed by atoms with Gasteiger partial charge in [0.2, 0.25) is 0 Å². The van der Waals surface area contributed by atoms with Crippen molar-refractivity contribution in [2.24, 2.45) is 0 Å². The quantitative estimate of drug-likeness (QED) is 0.285. The van der Waals surface area contributed by atoms with Crippen LogP contribution in [0.1, 0.15) is 47.3 Å². The lowest BCUT2D eigenvalue weighted by Crippen LogP contribution is -2.53. The monoisotopic (exact) mass is 416 g/mol. The predicted molar refractivity (Wildman–Crippen MR) is 123 cm³/mol. The molecule has 3 nitrogen and oxygen atoms in total. The van der Waals surface area contributed by atoms with Crippen molar-refractivity contribution in [3.63, 3.8) is 0 Å². The van der Waals surface area contributed by atoms with Crippen molar-refractivity contribution in [1.29, 1.82) is 0 Å². The van der Waals surface area contributed by atoms with Crippen molar-refractivity contribution in [1.82, 2.24) is 0 Å². The molecule has 2 rings (SSSR count).